The number of rotatable bonds is 5. The molecule has 3 heterocycles. The number of hydrogen-bond acceptors (Lipinski definition) is 8. The van der Waals surface area contributed by atoms with E-state index in [0.717, 1.165) is 0 Å². The summed E-state index contributed by atoms with van der Waals surface area (Å²) in [7, 11) is -2.33. The second-order valence-electron chi connectivity index (χ2n) is 7.64. The smallest absolute Gasteiger partial charge is 0.338 e. The topological polar surface area (TPSA) is 110 Å². The zero-order chi connectivity index (χ0) is 18.5. The van der Waals surface area contributed by atoms with Crippen molar-refractivity contribution in [3.63, 3.8) is 0 Å². The summed E-state index contributed by atoms with van der Waals surface area (Å²) >= 11 is 0. The van der Waals surface area contributed by atoms with Crippen LogP contribution in [0.15, 0.2) is 0 Å². The summed E-state index contributed by atoms with van der Waals surface area (Å²) in [5, 5.41) is 0. The Kier molecular flexibility index (Phi) is 5.19. The van der Waals surface area contributed by atoms with Crippen LogP contribution >= 0.6 is 0 Å². The molecule has 0 amide bonds. The molecule has 9 nitrogen and oxygen atoms in total. The molecular weight excluding hydrogens is 352 g/mol. The fourth-order valence-electron chi connectivity index (χ4n) is 3.41. The Balaban J connectivity index is 1.59. The lowest BCUT2D eigenvalue weighted by molar-refractivity contribution is -0.229. The zero-order valence-corrected chi connectivity index (χ0v) is 16.0. The van der Waals surface area contributed by atoms with E-state index in [0.29, 0.717) is 25.9 Å². The first-order valence-corrected chi connectivity index (χ1v) is 9.87. The first kappa shape index (κ1) is 19.4. The molecule has 0 aliphatic carbocycles. The molecule has 146 valence electrons. The molecule has 3 aliphatic rings. The Hall–Kier alpha value is -0.330. The Morgan fingerprint density at radius 3 is 2.36 bits per heavy atom. The highest BCUT2D eigenvalue weighted by atomic mass is 32.2. The molecular formula is C15H28N2O7S. The summed E-state index contributed by atoms with van der Waals surface area (Å²) < 4.78 is 54.0. The van der Waals surface area contributed by atoms with Gasteiger partial charge in [0.1, 0.15) is 18.3 Å². The summed E-state index contributed by atoms with van der Waals surface area (Å²) in [6, 6.07) is 0. The summed E-state index contributed by atoms with van der Waals surface area (Å²) in [4.78, 5) is 0. The van der Waals surface area contributed by atoms with Gasteiger partial charge in [0, 0.05) is 25.7 Å². The minimum Gasteiger partial charge on any atom is -0.353 e. The molecule has 10 heteroatoms. The molecule has 0 bridgehead atoms. The van der Waals surface area contributed by atoms with E-state index in [1.165, 1.54) is 11.4 Å². The average molecular weight is 380 g/mol. The monoisotopic (exact) mass is 380 g/mol. The van der Waals surface area contributed by atoms with E-state index in [-0.39, 0.29) is 12.1 Å². The van der Waals surface area contributed by atoms with E-state index >= 15 is 0 Å². The van der Waals surface area contributed by atoms with Gasteiger partial charge >= 0.3 is 10.3 Å². The van der Waals surface area contributed by atoms with Gasteiger partial charge in [-0.3, -0.25) is 4.18 Å². The second kappa shape index (κ2) is 6.68. The van der Waals surface area contributed by atoms with Crippen LogP contribution < -0.4 is 5.73 Å². The van der Waals surface area contributed by atoms with Crippen molar-refractivity contribution in [2.45, 2.75) is 69.5 Å². The van der Waals surface area contributed by atoms with Gasteiger partial charge in [0.2, 0.25) is 0 Å². The van der Waals surface area contributed by atoms with Crippen molar-refractivity contribution in [2.75, 3.05) is 26.8 Å². The van der Waals surface area contributed by atoms with E-state index < -0.39 is 40.7 Å². The first-order chi connectivity index (χ1) is 11.5. The molecule has 0 unspecified atom stereocenters. The minimum atomic E-state index is -3.84. The number of hydrogen-bond donors (Lipinski definition) is 1. The second-order valence-corrected chi connectivity index (χ2v) is 9.25. The highest BCUT2D eigenvalue weighted by Crippen LogP contribution is 2.39. The van der Waals surface area contributed by atoms with Crippen LogP contribution in [-0.4, -0.2) is 75.5 Å². The SMILES string of the molecule is CO[C@@H]1O[C@H](COS(=O)(=O)N2CCC(C)(N)CC2)[C@H]2OC(C)(C)O[C@@H]12. The molecule has 3 saturated heterocycles. The van der Waals surface area contributed by atoms with Gasteiger partial charge in [0.05, 0.1) is 6.61 Å². The fourth-order valence-corrected chi connectivity index (χ4v) is 4.50. The van der Waals surface area contributed by atoms with Crippen LogP contribution in [0.3, 0.4) is 0 Å². The third-order valence-corrected chi connectivity index (χ3v) is 6.33. The van der Waals surface area contributed by atoms with Gasteiger partial charge in [-0.2, -0.15) is 12.7 Å². The molecule has 0 radical (unpaired) electrons. The van der Waals surface area contributed by atoms with Gasteiger partial charge in [0.25, 0.3) is 0 Å². The Morgan fingerprint density at radius 1 is 1.16 bits per heavy atom. The van der Waals surface area contributed by atoms with Gasteiger partial charge in [0.15, 0.2) is 12.1 Å². The number of ether oxygens (including phenoxy) is 4. The molecule has 0 saturated carbocycles. The van der Waals surface area contributed by atoms with Crippen LogP contribution in [0.4, 0.5) is 0 Å². The highest BCUT2D eigenvalue weighted by molar-refractivity contribution is 7.84. The van der Waals surface area contributed by atoms with Crippen LogP contribution in [0.2, 0.25) is 0 Å². The van der Waals surface area contributed by atoms with Crippen LogP contribution in [0, 0.1) is 0 Å². The Morgan fingerprint density at radius 2 is 1.76 bits per heavy atom. The summed E-state index contributed by atoms with van der Waals surface area (Å²) in [6.45, 7) is 6.06. The fraction of sp³-hybridized carbons (Fsp3) is 1.00. The number of nitrogens with zero attached hydrogens (tertiary/aromatic N) is 1. The predicted molar refractivity (Wildman–Crippen MR) is 87.8 cm³/mol. The van der Waals surface area contributed by atoms with Gasteiger partial charge < -0.3 is 24.7 Å². The van der Waals surface area contributed by atoms with E-state index in [9.17, 15) is 8.42 Å². The zero-order valence-electron chi connectivity index (χ0n) is 15.1. The molecule has 25 heavy (non-hydrogen) atoms. The minimum absolute atomic E-state index is 0.154. The lowest BCUT2D eigenvalue weighted by Gasteiger charge is -2.35. The lowest BCUT2D eigenvalue weighted by atomic mass is 9.92. The highest BCUT2D eigenvalue weighted by Gasteiger charge is 2.56. The molecule has 0 aromatic rings. The van der Waals surface area contributed by atoms with Crippen LogP contribution in [0.5, 0.6) is 0 Å². The van der Waals surface area contributed by atoms with Crippen molar-refractivity contribution in [1.82, 2.24) is 4.31 Å². The molecule has 3 aliphatic heterocycles. The predicted octanol–water partition coefficient (Wildman–Crippen LogP) is -0.0476. The number of nitrogens with two attached hydrogens (primary N) is 1. The van der Waals surface area contributed by atoms with Crippen molar-refractivity contribution in [3.8, 4) is 0 Å². The summed E-state index contributed by atoms with van der Waals surface area (Å²) in [5.74, 6) is -0.772. The molecule has 2 N–H and O–H groups in total. The van der Waals surface area contributed by atoms with Crippen molar-refractivity contribution in [1.29, 1.82) is 0 Å². The molecule has 3 fully saturated rings. The largest absolute Gasteiger partial charge is 0.353 e. The van der Waals surface area contributed by atoms with Crippen LogP contribution in [-0.2, 0) is 33.4 Å². The molecule has 0 spiro atoms. The lowest BCUT2D eigenvalue weighted by Crippen LogP contribution is -2.50. The third kappa shape index (κ3) is 4.16. The number of methoxy groups -OCH3 is 1. The summed E-state index contributed by atoms with van der Waals surface area (Å²) in [6.07, 6.45) is -0.867. The Labute approximate surface area is 148 Å². The van der Waals surface area contributed by atoms with Crippen LogP contribution in [0.25, 0.3) is 0 Å². The maximum absolute atomic E-state index is 12.4. The summed E-state index contributed by atoms with van der Waals surface area (Å²) in [5.41, 5.74) is 5.71. The van der Waals surface area contributed by atoms with Crippen molar-refractivity contribution >= 4 is 10.3 Å². The van der Waals surface area contributed by atoms with Gasteiger partial charge in [-0.25, -0.2) is 0 Å². The van der Waals surface area contributed by atoms with E-state index in [4.69, 9.17) is 28.9 Å². The molecule has 0 aromatic carbocycles. The normalized spacial score (nSPS) is 38.0. The molecule has 3 rings (SSSR count). The van der Waals surface area contributed by atoms with E-state index in [1.807, 2.05) is 6.92 Å². The maximum Gasteiger partial charge on any atom is 0.338 e. The first-order valence-electron chi connectivity index (χ1n) is 8.50. The van der Waals surface area contributed by atoms with Gasteiger partial charge in [-0.15, -0.1) is 0 Å². The van der Waals surface area contributed by atoms with Gasteiger partial charge in [-0.1, -0.05) is 0 Å². The third-order valence-electron chi connectivity index (χ3n) is 4.90. The van der Waals surface area contributed by atoms with Crippen molar-refractivity contribution < 1.29 is 31.5 Å². The quantitative estimate of drug-likeness (QED) is 0.707. The Bertz CT molecular complexity index is 585. The molecule has 0 aromatic heterocycles. The number of fused-ring (bicyclic) bond motifs is 1. The van der Waals surface area contributed by atoms with Crippen molar-refractivity contribution in [3.05, 3.63) is 0 Å². The molecule has 4 atom stereocenters. The van der Waals surface area contributed by atoms with Crippen LogP contribution in [0.1, 0.15) is 33.6 Å². The van der Waals surface area contributed by atoms with E-state index in [1.54, 1.807) is 13.8 Å². The van der Waals surface area contributed by atoms with Gasteiger partial charge in [-0.05, 0) is 33.6 Å². The standard InChI is InChI=1S/C15H28N2O7S/c1-14(2)23-11-10(22-13(20-4)12(11)24-14)9-21-25(18,19)17-7-5-15(3,16)6-8-17/h10-13H,5-9,16H2,1-4H3/t10-,11-,12-,13-/m1/s1. The van der Waals surface area contributed by atoms with E-state index in [2.05, 4.69) is 0 Å². The number of piperidine rings is 1. The maximum atomic E-state index is 12.4. The van der Waals surface area contributed by atoms with Crippen molar-refractivity contribution in [2.24, 2.45) is 5.73 Å². The average Bonchev–Trinajstić information content (AvgIpc) is 2.98.